The number of rotatable bonds is 6. The van der Waals surface area contributed by atoms with Gasteiger partial charge >= 0.3 is 0 Å². The van der Waals surface area contributed by atoms with E-state index in [1.807, 2.05) is 125 Å². The van der Waals surface area contributed by atoms with Gasteiger partial charge in [0.1, 0.15) is 0 Å². The van der Waals surface area contributed by atoms with Crippen molar-refractivity contribution in [2.24, 2.45) is 0 Å². The fourth-order valence-electron chi connectivity index (χ4n) is 5.02. The molecule has 0 aliphatic rings. The quantitative estimate of drug-likeness (QED) is 0.201. The summed E-state index contributed by atoms with van der Waals surface area (Å²) in [6.45, 7) is 7.92. The van der Waals surface area contributed by atoms with Gasteiger partial charge in [-0.2, -0.15) is 91.1 Å². The summed E-state index contributed by atoms with van der Waals surface area (Å²) >= 11 is 0. The fourth-order valence-corrected chi connectivity index (χ4v) is 5.02. The van der Waals surface area contributed by atoms with Gasteiger partial charge in [0.05, 0.1) is 0 Å². The molecule has 0 fully saturated rings. The van der Waals surface area contributed by atoms with Crippen molar-refractivity contribution in [3.63, 3.8) is 0 Å². The molecule has 0 atom stereocenters. The summed E-state index contributed by atoms with van der Waals surface area (Å²) in [7, 11) is 0. The molecule has 46 heavy (non-hydrogen) atoms. The Morgan fingerprint density at radius 1 is 0.217 bits per heavy atom. The van der Waals surface area contributed by atoms with Crippen LogP contribution in [0.15, 0.2) is 97.1 Å². The van der Waals surface area contributed by atoms with E-state index >= 15 is 0 Å². The van der Waals surface area contributed by atoms with Crippen LogP contribution >= 0.6 is 0 Å². The number of nitrogens with zero attached hydrogens (tertiary/aromatic N) is 8. The molecule has 0 saturated heterocycles. The molecule has 8 rings (SSSR count). The van der Waals surface area contributed by atoms with E-state index in [1.165, 1.54) is 0 Å². The topological polar surface area (TPSA) is 113 Å². The van der Waals surface area contributed by atoms with Crippen molar-refractivity contribution in [2.45, 2.75) is 27.7 Å². The Balaban J connectivity index is 0.000000174. The van der Waals surface area contributed by atoms with Gasteiger partial charge in [-0.05, 0) is 0 Å². The standard InChI is InChI=1S/2C18H14N4.2Co/c2*1-11-3-5-13(19-11)15-7-9-17(21-15)18-10-8-16(22-18)14-6-4-12(2)20-14;;/h2*3-10H,1-2H3;;/q2*-4;;. The van der Waals surface area contributed by atoms with Crippen LogP contribution in [0.2, 0.25) is 0 Å². The van der Waals surface area contributed by atoms with Crippen molar-refractivity contribution in [1.29, 1.82) is 0 Å². The molecule has 2 radical (unpaired) electrons. The largest absolute Gasteiger partial charge is 0.662 e. The van der Waals surface area contributed by atoms with E-state index < -0.39 is 0 Å². The molecule has 0 spiro atoms. The first-order chi connectivity index (χ1) is 21.4. The molecule has 0 amide bonds. The van der Waals surface area contributed by atoms with Crippen molar-refractivity contribution in [3.8, 4) is 68.3 Å². The Labute approximate surface area is 288 Å². The van der Waals surface area contributed by atoms with Crippen LogP contribution in [0.3, 0.4) is 0 Å². The first-order valence-electron chi connectivity index (χ1n) is 14.4. The van der Waals surface area contributed by atoms with E-state index in [0.717, 1.165) is 91.1 Å². The third-order valence-electron chi connectivity index (χ3n) is 7.25. The Hall–Kier alpha value is -4.75. The van der Waals surface area contributed by atoms with Crippen molar-refractivity contribution in [2.75, 3.05) is 0 Å². The number of aromatic nitrogens is 8. The monoisotopic (exact) mass is 690 g/mol. The van der Waals surface area contributed by atoms with Gasteiger partial charge in [0.2, 0.25) is 0 Å². The van der Waals surface area contributed by atoms with Gasteiger partial charge in [-0.15, -0.1) is 0 Å². The number of hydrogen-bond donors (Lipinski definition) is 0. The second-order valence-electron chi connectivity index (χ2n) is 10.7. The van der Waals surface area contributed by atoms with Crippen molar-refractivity contribution >= 4 is 0 Å². The zero-order valence-electron chi connectivity index (χ0n) is 25.5. The summed E-state index contributed by atoms with van der Waals surface area (Å²) in [5.41, 5.74) is 14.6. The SMILES string of the molecule is Cc1ccc(-c2ccc(-c3ccc(-c4ccc(C)[n-]4)[n-]3)[n-]2)[n-]1.Cc1ccc(-c2ccc(-c3ccc(-c4ccc(C)[n-]4)[n-]3)[n-]2)[n-]1.[Co].[Co]. The van der Waals surface area contributed by atoms with Crippen molar-refractivity contribution in [1.82, 2.24) is 39.9 Å². The average molecular weight is 691 g/mol. The molecule has 0 unspecified atom stereocenters. The number of hydrogen-bond acceptors (Lipinski definition) is 0. The third kappa shape index (κ3) is 6.90. The summed E-state index contributed by atoms with van der Waals surface area (Å²) in [5, 5.41) is 0. The first kappa shape index (κ1) is 32.6. The number of aryl methyl sites for hydroxylation is 4. The van der Waals surface area contributed by atoms with Crippen LogP contribution in [0.4, 0.5) is 0 Å². The van der Waals surface area contributed by atoms with Gasteiger partial charge in [-0.1, -0.05) is 125 Å². The van der Waals surface area contributed by atoms with Gasteiger partial charge in [0, 0.05) is 33.6 Å². The van der Waals surface area contributed by atoms with Crippen LogP contribution in [0.1, 0.15) is 22.8 Å². The molecule has 8 aromatic heterocycles. The van der Waals surface area contributed by atoms with Gasteiger partial charge in [-0.3, -0.25) is 0 Å². The maximum Gasteiger partial charge on any atom is 0 e. The van der Waals surface area contributed by atoms with Gasteiger partial charge < -0.3 is 39.9 Å². The second-order valence-corrected chi connectivity index (χ2v) is 10.7. The molecular weight excluding hydrogens is 662 g/mol. The molecule has 0 bridgehead atoms. The van der Waals surface area contributed by atoms with Gasteiger partial charge in [0.15, 0.2) is 0 Å². The van der Waals surface area contributed by atoms with Crippen molar-refractivity contribution < 1.29 is 33.6 Å². The van der Waals surface area contributed by atoms with E-state index in [0.29, 0.717) is 0 Å². The summed E-state index contributed by atoms with van der Waals surface area (Å²) in [4.78, 5) is 36.3. The fraction of sp³-hybridized carbons (Fsp3) is 0.111. The van der Waals surface area contributed by atoms with E-state index in [9.17, 15) is 0 Å². The minimum absolute atomic E-state index is 0. The predicted molar refractivity (Wildman–Crippen MR) is 171 cm³/mol. The molecule has 238 valence electrons. The Bertz CT molecular complexity index is 1840. The smallest absolute Gasteiger partial charge is 0 e. The third-order valence-corrected chi connectivity index (χ3v) is 7.25. The molecule has 0 saturated carbocycles. The Morgan fingerprint density at radius 3 is 0.478 bits per heavy atom. The minimum atomic E-state index is 0. The summed E-state index contributed by atoms with van der Waals surface area (Å²) in [6, 6.07) is 31.8. The molecule has 10 heteroatoms. The van der Waals surface area contributed by atoms with Crippen LogP contribution in [-0.4, -0.2) is 0 Å². The average Bonchev–Trinajstić information content (AvgIpc) is 3.85. The Kier molecular flexibility index (Phi) is 9.73. The zero-order chi connectivity index (χ0) is 30.2. The molecule has 0 N–H and O–H groups in total. The zero-order valence-corrected chi connectivity index (χ0v) is 27.6. The molecule has 0 aromatic carbocycles. The normalized spacial score (nSPS) is 10.7. The predicted octanol–water partition coefficient (Wildman–Crippen LogP) is 6.26. The molecular formula is C36H28Co2N8-8. The van der Waals surface area contributed by atoms with E-state index in [1.54, 1.807) is 0 Å². The summed E-state index contributed by atoms with van der Waals surface area (Å²) < 4.78 is 0. The summed E-state index contributed by atoms with van der Waals surface area (Å²) in [6.07, 6.45) is 0. The van der Waals surface area contributed by atoms with Crippen LogP contribution in [-0.2, 0) is 33.6 Å². The first-order valence-corrected chi connectivity index (χ1v) is 14.4. The van der Waals surface area contributed by atoms with E-state index in [4.69, 9.17) is 0 Å². The maximum atomic E-state index is 4.63. The molecule has 0 aliphatic carbocycles. The molecule has 8 nitrogen and oxygen atoms in total. The van der Waals surface area contributed by atoms with Crippen LogP contribution in [0.25, 0.3) is 68.3 Å². The molecule has 0 aliphatic heterocycles. The summed E-state index contributed by atoms with van der Waals surface area (Å²) in [5.74, 6) is 0. The van der Waals surface area contributed by atoms with E-state index in [-0.39, 0.29) is 33.6 Å². The molecule has 8 heterocycles. The van der Waals surface area contributed by atoms with Crippen LogP contribution in [0, 0.1) is 27.7 Å². The van der Waals surface area contributed by atoms with Gasteiger partial charge in [-0.25, -0.2) is 0 Å². The van der Waals surface area contributed by atoms with Crippen LogP contribution < -0.4 is 39.9 Å². The van der Waals surface area contributed by atoms with E-state index in [2.05, 4.69) is 39.9 Å². The minimum Gasteiger partial charge on any atom is -0.662 e. The molecule has 8 aromatic rings. The second kappa shape index (κ2) is 13.7. The Morgan fingerprint density at radius 2 is 0.348 bits per heavy atom. The van der Waals surface area contributed by atoms with Gasteiger partial charge in [0.25, 0.3) is 0 Å². The van der Waals surface area contributed by atoms with Crippen LogP contribution in [0.5, 0.6) is 0 Å². The van der Waals surface area contributed by atoms with Crippen molar-refractivity contribution in [3.05, 3.63) is 120 Å². The maximum absolute atomic E-state index is 4.63.